The molecule has 0 radical (unpaired) electrons. The van der Waals surface area contributed by atoms with Crippen LogP contribution in [0.25, 0.3) is 0 Å². The van der Waals surface area contributed by atoms with Crippen LogP contribution in [0.15, 0.2) is 72.9 Å². The number of hydrogen-bond acceptors (Lipinski definition) is 7. The number of carboxylic acids is 1. The van der Waals surface area contributed by atoms with E-state index in [1.54, 1.807) is 0 Å². The van der Waals surface area contributed by atoms with Gasteiger partial charge in [-0.2, -0.15) is 0 Å². The molecule has 9 nitrogen and oxygen atoms in total. The van der Waals surface area contributed by atoms with Crippen molar-refractivity contribution >= 4 is 17.9 Å². The Kier molecular flexibility index (Phi) is 66.1. The number of allylic oxidation sites excluding steroid dienone is 12. The van der Waals surface area contributed by atoms with E-state index in [2.05, 4.69) is 86.8 Å². The van der Waals surface area contributed by atoms with Crippen LogP contribution in [0.2, 0.25) is 0 Å². The first kappa shape index (κ1) is 83.7. The van der Waals surface area contributed by atoms with Gasteiger partial charge in [0, 0.05) is 12.8 Å². The van der Waals surface area contributed by atoms with Gasteiger partial charge in [-0.15, -0.1) is 0 Å². The first-order valence-electron chi connectivity index (χ1n) is 37.1. The fraction of sp³-hybridized carbons (Fsp3) is 0.808. The van der Waals surface area contributed by atoms with Crippen molar-refractivity contribution in [3.05, 3.63) is 72.9 Å². The molecule has 0 aromatic rings. The number of esters is 2. The molecule has 2 unspecified atom stereocenters. The van der Waals surface area contributed by atoms with Gasteiger partial charge in [0.2, 0.25) is 0 Å². The molecule has 0 fully saturated rings. The van der Waals surface area contributed by atoms with Crippen LogP contribution in [0.4, 0.5) is 0 Å². The lowest BCUT2D eigenvalue weighted by Crippen LogP contribution is -2.40. The van der Waals surface area contributed by atoms with Gasteiger partial charge in [0.15, 0.2) is 6.10 Å². The molecule has 1 N–H and O–H groups in total. The van der Waals surface area contributed by atoms with Crippen LogP contribution in [-0.4, -0.2) is 87.4 Å². The van der Waals surface area contributed by atoms with Crippen molar-refractivity contribution < 1.29 is 42.9 Å². The zero-order chi connectivity index (χ0) is 63.3. The number of likely N-dealkylation sites (N-methyl/N-ethyl adjacent to an activating group) is 1. The predicted octanol–water partition coefficient (Wildman–Crippen LogP) is 23.3. The Morgan fingerprint density at radius 1 is 0.356 bits per heavy atom. The van der Waals surface area contributed by atoms with Crippen molar-refractivity contribution in [3.63, 3.8) is 0 Å². The fourth-order valence-corrected chi connectivity index (χ4v) is 10.8. The molecule has 506 valence electrons. The van der Waals surface area contributed by atoms with Crippen molar-refractivity contribution in [2.75, 3.05) is 47.5 Å². The van der Waals surface area contributed by atoms with E-state index in [-0.39, 0.29) is 32.2 Å². The molecular weight excluding hydrogens is 1080 g/mol. The molecule has 0 aliphatic heterocycles. The van der Waals surface area contributed by atoms with Gasteiger partial charge in [-0.25, -0.2) is 4.79 Å². The van der Waals surface area contributed by atoms with Crippen molar-refractivity contribution in [1.82, 2.24) is 0 Å². The van der Waals surface area contributed by atoms with Crippen molar-refractivity contribution in [2.45, 2.75) is 360 Å². The largest absolute Gasteiger partial charge is 0.477 e. The summed E-state index contributed by atoms with van der Waals surface area (Å²) in [5, 5.41) is 9.74. The third-order valence-corrected chi connectivity index (χ3v) is 16.5. The molecule has 87 heavy (non-hydrogen) atoms. The first-order chi connectivity index (χ1) is 42.6. The number of hydrogen-bond donors (Lipinski definition) is 1. The molecule has 0 rings (SSSR count). The number of unbranched alkanes of at least 4 members (excludes halogenated alkanes) is 42. The van der Waals surface area contributed by atoms with Crippen molar-refractivity contribution in [1.29, 1.82) is 0 Å². The van der Waals surface area contributed by atoms with E-state index >= 15 is 0 Å². The zero-order valence-corrected chi connectivity index (χ0v) is 57.9. The number of carbonyl (C=O) groups excluding carboxylic acids is 2. The number of ether oxygens (including phenoxy) is 4. The molecule has 0 bridgehead atoms. The van der Waals surface area contributed by atoms with Crippen molar-refractivity contribution in [2.24, 2.45) is 0 Å². The summed E-state index contributed by atoms with van der Waals surface area (Å²) in [4.78, 5) is 37.6. The van der Waals surface area contributed by atoms with Gasteiger partial charge in [0.25, 0.3) is 6.29 Å². The molecule has 0 aliphatic carbocycles. The second-order valence-corrected chi connectivity index (χ2v) is 26.2. The summed E-state index contributed by atoms with van der Waals surface area (Å²) in [6.45, 7) is 4.77. The Hall–Kier alpha value is -3.27. The maximum atomic E-state index is 12.9. The molecule has 2 atom stereocenters. The summed E-state index contributed by atoms with van der Waals surface area (Å²) < 4.78 is 23.0. The van der Waals surface area contributed by atoms with E-state index in [0.29, 0.717) is 23.9 Å². The van der Waals surface area contributed by atoms with Gasteiger partial charge >= 0.3 is 17.9 Å². The van der Waals surface area contributed by atoms with Crippen LogP contribution in [0, 0.1) is 0 Å². The van der Waals surface area contributed by atoms with Crippen LogP contribution in [0.5, 0.6) is 0 Å². The maximum absolute atomic E-state index is 12.9. The van der Waals surface area contributed by atoms with Crippen LogP contribution in [0.3, 0.4) is 0 Å². The van der Waals surface area contributed by atoms with E-state index in [0.717, 1.165) is 83.5 Å². The normalized spacial score (nSPS) is 13.1. The summed E-state index contributed by atoms with van der Waals surface area (Å²) in [5.41, 5.74) is 0. The Bertz CT molecular complexity index is 1660. The van der Waals surface area contributed by atoms with E-state index in [9.17, 15) is 19.5 Å². The van der Waals surface area contributed by atoms with E-state index in [4.69, 9.17) is 18.9 Å². The average molecular weight is 1220 g/mol. The van der Waals surface area contributed by atoms with Gasteiger partial charge in [-0.1, -0.05) is 344 Å². The van der Waals surface area contributed by atoms with Gasteiger partial charge < -0.3 is 28.5 Å². The van der Waals surface area contributed by atoms with Gasteiger partial charge in [-0.05, 0) is 64.2 Å². The lowest BCUT2D eigenvalue weighted by atomic mass is 10.0. The molecular formula is C78H142NO8+. The number of carboxylic acid groups (broad SMARTS) is 1. The zero-order valence-electron chi connectivity index (χ0n) is 57.9. The Labute approximate surface area is 538 Å². The minimum atomic E-state index is -1.52. The molecule has 0 amide bonds. The summed E-state index contributed by atoms with van der Waals surface area (Å²) in [6.07, 6.45) is 89.2. The Morgan fingerprint density at radius 3 is 0.977 bits per heavy atom. The third kappa shape index (κ3) is 70.1. The molecule has 0 saturated heterocycles. The minimum absolute atomic E-state index is 0.180. The van der Waals surface area contributed by atoms with Crippen LogP contribution in [0.1, 0.15) is 348 Å². The molecule has 9 heteroatoms. The highest BCUT2D eigenvalue weighted by atomic mass is 16.7. The quantitative estimate of drug-likeness (QED) is 0.0211. The topological polar surface area (TPSA) is 108 Å². The average Bonchev–Trinajstić information content (AvgIpc) is 3.50. The highest BCUT2D eigenvalue weighted by molar-refractivity contribution is 5.71. The molecule has 0 heterocycles. The molecule has 0 aliphatic rings. The summed E-state index contributed by atoms with van der Waals surface area (Å²) >= 11 is 0. The monoisotopic (exact) mass is 1220 g/mol. The molecule has 0 saturated carbocycles. The van der Waals surface area contributed by atoms with Crippen molar-refractivity contribution in [3.8, 4) is 0 Å². The van der Waals surface area contributed by atoms with E-state index in [1.807, 2.05) is 21.1 Å². The predicted molar refractivity (Wildman–Crippen MR) is 373 cm³/mol. The third-order valence-electron chi connectivity index (χ3n) is 16.5. The van der Waals surface area contributed by atoms with Crippen LogP contribution in [-0.2, 0) is 33.3 Å². The summed E-state index contributed by atoms with van der Waals surface area (Å²) in [5.74, 6) is -2.03. The number of rotatable bonds is 69. The fourth-order valence-electron chi connectivity index (χ4n) is 10.8. The Balaban J connectivity index is 4.00. The lowest BCUT2D eigenvalue weighted by Gasteiger charge is -2.25. The summed E-state index contributed by atoms with van der Waals surface area (Å²) in [6, 6.07) is 0. The first-order valence-corrected chi connectivity index (χ1v) is 37.1. The van der Waals surface area contributed by atoms with E-state index < -0.39 is 24.3 Å². The Morgan fingerprint density at radius 2 is 0.655 bits per heavy atom. The SMILES string of the molecule is CC/C=C\C/C=C\C/C=C\C/C=C\C/C=C\C/C=C\CCCCCCC(=O)OC(COC(=O)CCCCCCCCCCCCCCCCCCCCCCCCCCCCCCCCCCCCCCCCC)COC(OCC[N+](C)(C)C)C(=O)O. The number of aliphatic carboxylic acids is 1. The molecule has 0 aromatic heterocycles. The van der Waals surface area contributed by atoms with Crippen LogP contribution >= 0.6 is 0 Å². The van der Waals surface area contributed by atoms with Gasteiger partial charge in [-0.3, -0.25) is 9.59 Å². The minimum Gasteiger partial charge on any atom is -0.477 e. The molecule has 0 spiro atoms. The highest BCUT2D eigenvalue weighted by Gasteiger charge is 2.25. The highest BCUT2D eigenvalue weighted by Crippen LogP contribution is 2.19. The standard InChI is InChI=1S/C78H141NO8/c1-6-8-10-12-14-16-18-20-22-24-26-28-30-31-32-33-34-35-36-37-38-39-40-41-42-43-44-45-47-48-50-52-54-56-58-60-62-64-66-68-75(80)85-72-74(73-86-78(77(82)83)84-71-70-79(3,4)5)87-76(81)69-67-65-63-61-59-57-55-53-51-49-46-29-27-25-23-21-19-17-15-13-11-9-7-2/h9,11,15,17,21,23,27,29,49,51,55,57,74,78H,6-8,10,12-14,16,18-20,22,24-26,28,30-48,50,52-54,56,58-73H2,1-5H3/p+1/b11-9-,17-15-,23-21-,29-27-,51-49-,57-55-. The smallest absolute Gasteiger partial charge is 0.361 e. The number of quaternary nitrogens is 1. The second-order valence-electron chi connectivity index (χ2n) is 26.2. The number of nitrogens with zero attached hydrogens (tertiary/aromatic N) is 1. The lowest BCUT2D eigenvalue weighted by molar-refractivity contribution is -0.870. The van der Waals surface area contributed by atoms with E-state index in [1.165, 1.54) is 231 Å². The number of carbonyl (C=O) groups is 3. The summed E-state index contributed by atoms with van der Waals surface area (Å²) in [7, 11) is 5.97. The van der Waals surface area contributed by atoms with Crippen LogP contribution < -0.4 is 0 Å². The maximum Gasteiger partial charge on any atom is 0.361 e. The second kappa shape index (κ2) is 68.6. The van der Waals surface area contributed by atoms with Gasteiger partial charge in [0.05, 0.1) is 34.4 Å². The molecule has 0 aromatic carbocycles. The van der Waals surface area contributed by atoms with Gasteiger partial charge in [0.1, 0.15) is 13.2 Å².